The minimum atomic E-state index is -0.00954. The van der Waals surface area contributed by atoms with Gasteiger partial charge in [-0.05, 0) is 27.3 Å². The number of nitrogens with zero attached hydrogens (tertiary/aromatic N) is 2. The van der Waals surface area contributed by atoms with Gasteiger partial charge in [0.2, 0.25) is 0 Å². The van der Waals surface area contributed by atoms with E-state index in [-0.39, 0.29) is 5.54 Å². The van der Waals surface area contributed by atoms with Crippen LogP contribution in [0.3, 0.4) is 0 Å². The van der Waals surface area contributed by atoms with Crippen LogP contribution in [0.2, 0.25) is 0 Å². The van der Waals surface area contributed by atoms with Gasteiger partial charge in [-0.1, -0.05) is 13.3 Å². The molecule has 0 radical (unpaired) electrons. The minimum absolute atomic E-state index is 0.00954. The van der Waals surface area contributed by atoms with E-state index in [9.17, 15) is 0 Å². The van der Waals surface area contributed by atoms with E-state index in [1.807, 2.05) is 0 Å². The molecule has 1 heterocycles. The zero-order chi connectivity index (χ0) is 11.5. The first-order chi connectivity index (χ1) is 6.94. The van der Waals surface area contributed by atoms with Gasteiger partial charge in [-0.3, -0.25) is 4.90 Å². The van der Waals surface area contributed by atoms with Gasteiger partial charge in [-0.2, -0.15) is 0 Å². The number of nitrogens with two attached hydrogens (primary N) is 1. The molecule has 2 unspecified atom stereocenters. The molecule has 0 aromatic rings. The highest BCUT2D eigenvalue weighted by molar-refractivity contribution is 4.86. The lowest BCUT2D eigenvalue weighted by molar-refractivity contribution is 0.0870. The van der Waals surface area contributed by atoms with Gasteiger partial charge in [-0.15, -0.1) is 0 Å². The molecule has 0 aromatic carbocycles. The standard InChI is InChI=1S/C12H27N3/c1-5-6-12(3,13)10-15-8-7-14(4)11(2)9-15/h11H,5-10,13H2,1-4H3. The summed E-state index contributed by atoms with van der Waals surface area (Å²) >= 11 is 0. The maximum Gasteiger partial charge on any atom is 0.0254 e. The maximum absolute atomic E-state index is 6.28. The SMILES string of the molecule is CCCC(C)(N)CN1CCN(C)C(C)C1. The molecule has 2 atom stereocenters. The van der Waals surface area contributed by atoms with Gasteiger partial charge in [0.15, 0.2) is 0 Å². The third-order valence-electron chi connectivity index (χ3n) is 3.45. The lowest BCUT2D eigenvalue weighted by Gasteiger charge is -2.41. The number of rotatable bonds is 4. The Morgan fingerprint density at radius 2 is 2.07 bits per heavy atom. The number of hydrogen-bond acceptors (Lipinski definition) is 3. The van der Waals surface area contributed by atoms with Crippen LogP contribution in [-0.4, -0.2) is 54.6 Å². The van der Waals surface area contributed by atoms with Gasteiger partial charge in [0.25, 0.3) is 0 Å². The van der Waals surface area contributed by atoms with E-state index >= 15 is 0 Å². The Balaban J connectivity index is 2.39. The van der Waals surface area contributed by atoms with Crippen molar-refractivity contribution < 1.29 is 0 Å². The molecule has 1 saturated heterocycles. The predicted molar refractivity (Wildman–Crippen MR) is 66.0 cm³/mol. The largest absolute Gasteiger partial charge is 0.324 e. The molecule has 3 nitrogen and oxygen atoms in total. The topological polar surface area (TPSA) is 32.5 Å². The van der Waals surface area contributed by atoms with Crippen molar-refractivity contribution in [3.63, 3.8) is 0 Å². The molecule has 0 saturated carbocycles. The number of likely N-dealkylation sites (N-methyl/N-ethyl adjacent to an activating group) is 1. The summed E-state index contributed by atoms with van der Waals surface area (Å²) in [6, 6.07) is 0.663. The summed E-state index contributed by atoms with van der Waals surface area (Å²) in [5.41, 5.74) is 6.27. The molecule has 0 spiro atoms. The van der Waals surface area contributed by atoms with E-state index in [1.165, 1.54) is 13.0 Å². The Bertz CT molecular complexity index is 191. The molecular formula is C12H27N3. The van der Waals surface area contributed by atoms with Crippen LogP contribution < -0.4 is 5.73 Å². The molecule has 1 aliphatic rings. The first-order valence-electron chi connectivity index (χ1n) is 6.16. The Morgan fingerprint density at radius 1 is 1.40 bits per heavy atom. The van der Waals surface area contributed by atoms with E-state index in [1.54, 1.807) is 0 Å². The zero-order valence-corrected chi connectivity index (χ0v) is 10.8. The Kier molecular flexibility index (Phi) is 4.56. The monoisotopic (exact) mass is 213 g/mol. The molecule has 0 aliphatic carbocycles. The lowest BCUT2D eigenvalue weighted by atomic mass is 9.96. The Morgan fingerprint density at radius 3 is 2.60 bits per heavy atom. The summed E-state index contributed by atoms with van der Waals surface area (Å²) in [6.45, 7) is 11.2. The first kappa shape index (κ1) is 12.9. The summed E-state index contributed by atoms with van der Waals surface area (Å²) in [6.07, 6.45) is 2.30. The van der Waals surface area contributed by atoms with Gasteiger partial charge < -0.3 is 10.6 Å². The van der Waals surface area contributed by atoms with Gasteiger partial charge in [0.1, 0.15) is 0 Å². The normalized spacial score (nSPS) is 29.0. The zero-order valence-electron chi connectivity index (χ0n) is 10.8. The van der Waals surface area contributed by atoms with Crippen molar-refractivity contribution in [1.82, 2.24) is 9.80 Å². The summed E-state index contributed by atoms with van der Waals surface area (Å²) in [4.78, 5) is 4.94. The van der Waals surface area contributed by atoms with Crippen LogP contribution in [0.1, 0.15) is 33.6 Å². The number of piperazine rings is 1. The third-order valence-corrected chi connectivity index (χ3v) is 3.45. The van der Waals surface area contributed by atoms with Crippen LogP contribution in [-0.2, 0) is 0 Å². The molecule has 2 N–H and O–H groups in total. The molecule has 15 heavy (non-hydrogen) atoms. The summed E-state index contributed by atoms with van der Waals surface area (Å²) in [5, 5.41) is 0. The molecule has 3 heteroatoms. The van der Waals surface area contributed by atoms with Crippen LogP contribution >= 0.6 is 0 Å². The van der Waals surface area contributed by atoms with E-state index in [4.69, 9.17) is 5.73 Å². The molecule has 90 valence electrons. The van der Waals surface area contributed by atoms with Crippen LogP contribution in [0.5, 0.6) is 0 Å². The fourth-order valence-electron chi connectivity index (χ4n) is 2.43. The molecule has 0 bridgehead atoms. The van der Waals surface area contributed by atoms with Crippen LogP contribution in [0.25, 0.3) is 0 Å². The molecule has 1 rings (SSSR count). The van der Waals surface area contributed by atoms with E-state index < -0.39 is 0 Å². The molecule has 1 aliphatic heterocycles. The minimum Gasteiger partial charge on any atom is -0.324 e. The van der Waals surface area contributed by atoms with Gasteiger partial charge >= 0.3 is 0 Å². The van der Waals surface area contributed by atoms with Gasteiger partial charge in [0, 0.05) is 37.8 Å². The number of hydrogen-bond donors (Lipinski definition) is 1. The summed E-state index contributed by atoms with van der Waals surface area (Å²) < 4.78 is 0. The van der Waals surface area contributed by atoms with Crippen molar-refractivity contribution >= 4 is 0 Å². The molecule has 0 aromatic heterocycles. The van der Waals surface area contributed by atoms with Gasteiger partial charge in [-0.25, -0.2) is 0 Å². The van der Waals surface area contributed by atoms with Crippen LogP contribution in [0, 0.1) is 0 Å². The highest BCUT2D eigenvalue weighted by atomic mass is 15.3. The predicted octanol–water partition coefficient (Wildman–Crippen LogP) is 1.14. The fraction of sp³-hybridized carbons (Fsp3) is 1.00. The van der Waals surface area contributed by atoms with Crippen molar-refractivity contribution in [2.45, 2.75) is 45.2 Å². The average molecular weight is 213 g/mol. The summed E-state index contributed by atoms with van der Waals surface area (Å²) in [7, 11) is 2.20. The first-order valence-corrected chi connectivity index (χ1v) is 6.16. The quantitative estimate of drug-likeness (QED) is 0.760. The second-order valence-electron chi connectivity index (χ2n) is 5.47. The third kappa shape index (κ3) is 4.09. The van der Waals surface area contributed by atoms with E-state index in [2.05, 4.69) is 37.6 Å². The van der Waals surface area contributed by atoms with Crippen molar-refractivity contribution in [2.75, 3.05) is 33.2 Å². The second kappa shape index (κ2) is 5.28. The smallest absolute Gasteiger partial charge is 0.0254 e. The van der Waals surface area contributed by atoms with Gasteiger partial charge in [0.05, 0.1) is 0 Å². The van der Waals surface area contributed by atoms with Crippen molar-refractivity contribution in [3.8, 4) is 0 Å². The molecule has 0 amide bonds. The Hall–Kier alpha value is -0.120. The fourth-order valence-corrected chi connectivity index (χ4v) is 2.43. The highest BCUT2D eigenvalue weighted by Gasteiger charge is 2.26. The van der Waals surface area contributed by atoms with E-state index in [0.717, 1.165) is 26.1 Å². The van der Waals surface area contributed by atoms with Crippen molar-refractivity contribution in [3.05, 3.63) is 0 Å². The summed E-state index contributed by atoms with van der Waals surface area (Å²) in [5.74, 6) is 0. The lowest BCUT2D eigenvalue weighted by Crippen LogP contribution is -2.56. The maximum atomic E-state index is 6.28. The molecular weight excluding hydrogens is 186 g/mol. The highest BCUT2D eigenvalue weighted by Crippen LogP contribution is 2.14. The van der Waals surface area contributed by atoms with Crippen LogP contribution in [0.4, 0.5) is 0 Å². The average Bonchev–Trinajstić information content (AvgIpc) is 2.10. The van der Waals surface area contributed by atoms with E-state index in [0.29, 0.717) is 6.04 Å². The molecule has 1 fully saturated rings. The Labute approximate surface area is 94.6 Å². The second-order valence-corrected chi connectivity index (χ2v) is 5.47. The van der Waals surface area contributed by atoms with Crippen molar-refractivity contribution in [2.24, 2.45) is 5.73 Å². The van der Waals surface area contributed by atoms with Crippen LogP contribution in [0.15, 0.2) is 0 Å². The van der Waals surface area contributed by atoms with Crippen molar-refractivity contribution in [1.29, 1.82) is 0 Å².